The summed E-state index contributed by atoms with van der Waals surface area (Å²) in [5, 5.41) is 5.73. The number of piperazine rings is 1. The number of methoxy groups -OCH3 is 3. The third kappa shape index (κ3) is 5.48. The maximum absolute atomic E-state index is 12.2. The predicted octanol–water partition coefficient (Wildman–Crippen LogP) is 2.66. The van der Waals surface area contributed by atoms with Crippen molar-refractivity contribution >= 4 is 17.4 Å². The van der Waals surface area contributed by atoms with E-state index in [4.69, 9.17) is 14.2 Å². The molecule has 2 amide bonds. The van der Waals surface area contributed by atoms with Crippen molar-refractivity contribution < 1.29 is 19.0 Å². The number of nitrogens with one attached hydrogen (secondary N) is 2. The quantitative estimate of drug-likeness (QED) is 0.692. The van der Waals surface area contributed by atoms with Crippen LogP contribution in [0, 0.1) is 0 Å². The number of anilines is 2. The van der Waals surface area contributed by atoms with Gasteiger partial charge in [-0.2, -0.15) is 0 Å². The summed E-state index contributed by atoms with van der Waals surface area (Å²) in [5.74, 6) is 2.13. The summed E-state index contributed by atoms with van der Waals surface area (Å²) < 4.78 is 15.9. The molecule has 1 fully saturated rings. The largest absolute Gasteiger partial charge is 0.497 e. The lowest BCUT2D eigenvalue weighted by atomic mass is 10.2. The second kappa shape index (κ2) is 10.6. The smallest absolute Gasteiger partial charge is 0.319 e. The Labute approximate surface area is 177 Å². The first-order chi connectivity index (χ1) is 14.6. The summed E-state index contributed by atoms with van der Waals surface area (Å²) in [5.41, 5.74) is 1.73. The van der Waals surface area contributed by atoms with Gasteiger partial charge in [0.25, 0.3) is 0 Å². The Hall–Kier alpha value is -3.13. The van der Waals surface area contributed by atoms with Crippen LogP contribution in [-0.4, -0.2) is 71.5 Å². The third-order valence-corrected chi connectivity index (χ3v) is 5.17. The van der Waals surface area contributed by atoms with E-state index in [1.165, 1.54) is 0 Å². The Balaban J connectivity index is 1.42. The standard InChI is InChI=1S/C22H30N4O4/c1-28-17-8-9-18(21(16-17)30-3)24-22(27)23-10-11-25-12-14-26(15-13-25)19-6-4-5-7-20(19)29-2/h4-9,16H,10-15H2,1-3H3,(H2,23,24,27). The van der Waals surface area contributed by atoms with Crippen LogP contribution in [0.2, 0.25) is 0 Å². The highest BCUT2D eigenvalue weighted by Crippen LogP contribution is 2.29. The molecule has 0 saturated carbocycles. The molecule has 0 aliphatic carbocycles. The van der Waals surface area contributed by atoms with Crippen LogP contribution in [0.4, 0.5) is 16.2 Å². The Kier molecular flexibility index (Phi) is 7.62. The summed E-state index contributed by atoms with van der Waals surface area (Å²) >= 11 is 0. The van der Waals surface area contributed by atoms with E-state index in [9.17, 15) is 4.79 Å². The molecule has 30 heavy (non-hydrogen) atoms. The number of carbonyl (C=O) groups excluding carboxylic acids is 1. The molecule has 0 spiro atoms. The number of hydrogen-bond acceptors (Lipinski definition) is 6. The first kappa shape index (κ1) is 21.6. The number of hydrogen-bond donors (Lipinski definition) is 2. The molecule has 0 radical (unpaired) electrons. The van der Waals surface area contributed by atoms with Gasteiger partial charge in [0, 0.05) is 45.3 Å². The Morgan fingerprint density at radius 2 is 1.67 bits per heavy atom. The van der Waals surface area contributed by atoms with Crippen LogP contribution < -0.4 is 29.7 Å². The minimum Gasteiger partial charge on any atom is -0.497 e. The summed E-state index contributed by atoms with van der Waals surface area (Å²) in [6.07, 6.45) is 0. The van der Waals surface area contributed by atoms with E-state index in [1.807, 2.05) is 18.2 Å². The van der Waals surface area contributed by atoms with E-state index >= 15 is 0 Å². The van der Waals surface area contributed by atoms with Crippen molar-refractivity contribution in [1.29, 1.82) is 0 Å². The van der Waals surface area contributed by atoms with Gasteiger partial charge in [-0.15, -0.1) is 0 Å². The number of nitrogens with zero attached hydrogens (tertiary/aromatic N) is 2. The van der Waals surface area contributed by atoms with Gasteiger partial charge in [-0.1, -0.05) is 12.1 Å². The van der Waals surface area contributed by atoms with E-state index in [2.05, 4.69) is 26.5 Å². The molecule has 1 saturated heterocycles. The van der Waals surface area contributed by atoms with E-state index in [-0.39, 0.29) is 6.03 Å². The minimum atomic E-state index is -0.258. The Morgan fingerprint density at radius 1 is 0.933 bits per heavy atom. The van der Waals surface area contributed by atoms with E-state index in [0.29, 0.717) is 23.7 Å². The van der Waals surface area contributed by atoms with Gasteiger partial charge in [0.15, 0.2) is 0 Å². The number of para-hydroxylation sites is 2. The van der Waals surface area contributed by atoms with Crippen molar-refractivity contribution in [3.63, 3.8) is 0 Å². The van der Waals surface area contributed by atoms with Crippen LogP contribution >= 0.6 is 0 Å². The summed E-state index contributed by atoms with van der Waals surface area (Å²) in [7, 11) is 4.85. The number of benzene rings is 2. The lowest BCUT2D eigenvalue weighted by Crippen LogP contribution is -2.48. The van der Waals surface area contributed by atoms with Gasteiger partial charge in [-0.25, -0.2) is 4.79 Å². The third-order valence-electron chi connectivity index (χ3n) is 5.17. The van der Waals surface area contributed by atoms with Crippen molar-refractivity contribution in [3.05, 3.63) is 42.5 Å². The summed E-state index contributed by atoms with van der Waals surface area (Å²) in [4.78, 5) is 16.9. The molecule has 1 aliphatic rings. The maximum atomic E-state index is 12.2. The highest BCUT2D eigenvalue weighted by Gasteiger charge is 2.19. The second-order valence-corrected chi connectivity index (χ2v) is 6.95. The van der Waals surface area contributed by atoms with Gasteiger partial charge in [-0.3, -0.25) is 4.90 Å². The average Bonchev–Trinajstić information content (AvgIpc) is 2.79. The SMILES string of the molecule is COc1ccc(NC(=O)NCCN2CCN(c3ccccc3OC)CC2)c(OC)c1. The van der Waals surface area contributed by atoms with Crippen LogP contribution in [0.3, 0.4) is 0 Å². The molecule has 8 nitrogen and oxygen atoms in total. The monoisotopic (exact) mass is 414 g/mol. The zero-order valence-electron chi connectivity index (χ0n) is 17.8. The molecular formula is C22H30N4O4. The van der Waals surface area contributed by atoms with Gasteiger partial charge in [0.05, 0.1) is 32.7 Å². The van der Waals surface area contributed by atoms with Crippen molar-refractivity contribution in [2.24, 2.45) is 0 Å². The minimum absolute atomic E-state index is 0.258. The molecule has 0 atom stereocenters. The van der Waals surface area contributed by atoms with Crippen LogP contribution in [0.5, 0.6) is 17.2 Å². The van der Waals surface area contributed by atoms with E-state index < -0.39 is 0 Å². The van der Waals surface area contributed by atoms with Crippen molar-refractivity contribution in [1.82, 2.24) is 10.2 Å². The van der Waals surface area contributed by atoms with Crippen LogP contribution in [0.15, 0.2) is 42.5 Å². The molecule has 2 N–H and O–H groups in total. The fraction of sp³-hybridized carbons (Fsp3) is 0.409. The molecule has 0 unspecified atom stereocenters. The van der Waals surface area contributed by atoms with Gasteiger partial charge in [0.2, 0.25) is 0 Å². The number of amides is 2. The normalized spacial score (nSPS) is 14.2. The molecule has 2 aromatic rings. The highest BCUT2D eigenvalue weighted by atomic mass is 16.5. The molecule has 1 heterocycles. The number of urea groups is 1. The molecule has 8 heteroatoms. The molecule has 0 bridgehead atoms. The average molecular weight is 415 g/mol. The molecule has 2 aromatic carbocycles. The highest BCUT2D eigenvalue weighted by molar-refractivity contribution is 5.91. The van der Waals surface area contributed by atoms with E-state index in [1.54, 1.807) is 39.5 Å². The zero-order valence-corrected chi connectivity index (χ0v) is 17.8. The van der Waals surface area contributed by atoms with Gasteiger partial charge < -0.3 is 29.7 Å². The van der Waals surface area contributed by atoms with Crippen molar-refractivity contribution in [2.45, 2.75) is 0 Å². The van der Waals surface area contributed by atoms with Crippen molar-refractivity contribution in [2.75, 3.05) is 70.8 Å². The van der Waals surface area contributed by atoms with Gasteiger partial charge in [-0.05, 0) is 24.3 Å². The fourth-order valence-electron chi connectivity index (χ4n) is 3.50. The van der Waals surface area contributed by atoms with Gasteiger partial charge in [0.1, 0.15) is 17.2 Å². The fourth-order valence-corrected chi connectivity index (χ4v) is 3.50. The van der Waals surface area contributed by atoms with Crippen LogP contribution in [0.25, 0.3) is 0 Å². The second-order valence-electron chi connectivity index (χ2n) is 6.95. The number of carbonyl (C=O) groups is 1. The number of ether oxygens (including phenoxy) is 3. The molecule has 3 rings (SSSR count). The van der Waals surface area contributed by atoms with E-state index in [0.717, 1.165) is 44.2 Å². The zero-order chi connectivity index (χ0) is 21.3. The molecule has 0 aromatic heterocycles. The number of rotatable bonds is 8. The first-order valence-corrected chi connectivity index (χ1v) is 10.0. The molecule has 162 valence electrons. The maximum Gasteiger partial charge on any atom is 0.319 e. The summed E-state index contributed by atoms with van der Waals surface area (Å²) in [6, 6.07) is 13.1. The first-order valence-electron chi connectivity index (χ1n) is 10.0. The lowest BCUT2D eigenvalue weighted by molar-refractivity contribution is 0.240. The predicted molar refractivity (Wildman–Crippen MR) is 118 cm³/mol. The Morgan fingerprint density at radius 3 is 2.37 bits per heavy atom. The van der Waals surface area contributed by atoms with Crippen molar-refractivity contribution in [3.8, 4) is 17.2 Å². The molecular weight excluding hydrogens is 384 g/mol. The van der Waals surface area contributed by atoms with Gasteiger partial charge >= 0.3 is 6.03 Å². The Bertz CT molecular complexity index is 838. The van der Waals surface area contributed by atoms with Crippen LogP contribution in [0.1, 0.15) is 0 Å². The lowest BCUT2D eigenvalue weighted by Gasteiger charge is -2.36. The summed E-state index contributed by atoms with van der Waals surface area (Å²) in [6.45, 7) is 5.10. The van der Waals surface area contributed by atoms with Crippen LogP contribution in [-0.2, 0) is 0 Å². The topological polar surface area (TPSA) is 75.3 Å². The molecule has 1 aliphatic heterocycles.